The normalized spacial score (nSPS) is 40.2. The van der Waals surface area contributed by atoms with Gasteiger partial charge in [-0.25, -0.2) is 10.4 Å². The minimum atomic E-state index is 0.0209. The van der Waals surface area contributed by atoms with Crippen molar-refractivity contribution in [3.63, 3.8) is 0 Å². The Bertz CT molecular complexity index is 300. The predicted molar refractivity (Wildman–Crippen MR) is 83.3 cm³/mol. The van der Waals surface area contributed by atoms with Gasteiger partial charge in [0.2, 0.25) is 0 Å². The van der Waals surface area contributed by atoms with Crippen molar-refractivity contribution < 1.29 is 4.74 Å². The summed E-state index contributed by atoms with van der Waals surface area (Å²) in [7, 11) is 0. The summed E-state index contributed by atoms with van der Waals surface area (Å²) < 4.78 is 5.93. The predicted octanol–water partition coefficient (Wildman–Crippen LogP) is 2.29. The van der Waals surface area contributed by atoms with Crippen LogP contribution in [0.15, 0.2) is 0 Å². The molecule has 2 aliphatic rings. The molecule has 0 aliphatic carbocycles. The Hall–Kier alpha value is -0.160. The van der Waals surface area contributed by atoms with E-state index in [0.29, 0.717) is 30.7 Å². The number of hydrogen-bond donors (Lipinski definition) is 2. The Morgan fingerprint density at radius 2 is 1.95 bits per heavy atom. The zero-order valence-electron chi connectivity index (χ0n) is 13.7. The van der Waals surface area contributed by atoms with Gasteiger partial charge in [-0.3, -0.25) is 0 Å². The molecule has 4 nitrogen and oxygen atoms in total. The molecule has 0 bridgehead atoms. The Balaban J connectivity index is 2.06. The molecule has 0 saturated carbocycles. The first-order valence-corrected chi connectivity index (χ1v) is 8.35. The first kappa shape index (κ1) is 16.2. The lowest BCUT2D eigenvalue weighted by molar-refractivity contribution is -0.0862. The summed E-state index contributed by atoms with van der Waals surface area (Å²) in [6.07, 6.45) is 6.27. The molecule has 0 aromatic heterocycles. The Labute approximate surface area is 124 Å². The number of nitrogens with two attached hydrogens (primary N) is 1. The van der Waals surface area contributed by atoms with Crippen LogP contribution in [-0.2, 0) is 4.74 Å². The molecular formula is C16H33N3O. The third-order valence-corrected chi connectivity index (χ3v) is 5.20. The minimum absolute atomic E-state index is 0.0209. The van der Waals surface area contributed by atoms with Crippen LogP contribution in [0.2, 0.25) is 0 Å². The lowest BCUT2D eigenvalue weighted by Gasteiger charge is -2.49. The van der Waals surface area contributed by atoms with Gasteiger partial charge in [-0.15, -0.1) is 0 Å². The van der Waals surface area contributed by atoms with Crippen LogP contribution in [0.25, 0.3) is 0 Å². The van der Waals surface area contributed by atoms with Gasteiger partial charge in [0.1, 0.15) is 0 Å². The lowest BCUT2D eigenvalue weighted by atomic mass is 9.83. The molecule has 4 unspecified atom stereocenters. The summed E-state index contributed by atoms with van der Waals surface area (Å²) >= 11 is 0. The van der Waals surface area contributed by atoms with Gasteiger partial charge in [0.15, 0.2) is 0 Å². The highest BCUT2D eigenvalue weighted by Crippen LogP contribution is 2.30. The van der Waals surface area contributed by atoms with Gasteiger partial charge in [0.05, 0.1) is 6.10 Å². The van der Waals surface area contributed by atoms with Gasteiger partial charge < -0.3 is 10.5 Å². The second-order valence-electron chi connectivity index (χ2n) is 7.24. The van der Waals surface area contributed by atoms with Crippen LogP contribution < -0.4 is 11.2 Å². The highest BCUT2D eigenvalue weighted by molar-refractivity contribution is 4.96. The van der Waals surface area contributed by atoms with Gasteiger partial charge in [0, 0.05) is 30.8 Å². The fourth-order valence-electron chi connectivity index (χ4n) is 3.63. The van der Waals surface area contributed by atoms with E-state index >= 15 is 0 Å². The zero-order valence-corrected chi connectivity index (χ0v) is 13.7. The van der Waals surface area contributed by atoms with E-state index in [1.807, 2.05) is 0 Å². The van der Waals surface area contributed by atoms with Gasteiger partial charge in [0.25, 0.3) is 0 Å². The summed E-state index contributed by atoms with van der Waals surface area (Å²) in [6.45, 7) is 10.6. The number of nitrogens with one attached hydrogen (secondary N) is 1. The lowest BCUT2D eigenvalue weighted by Crippen LogP contribution is -2.66. The summed E-state index contributed by atoms with van der Waals surface area (Å²) in [4.78, 5) is 0. The maximum atomic E-state index is 6.16. The fraction of sp³-hybridized carbons (Fsp3) is 1.00. The third kappa shape index (κ3) is 3.53. The Morgan fingerprint density at radius 1 is 1.30 bits per heavy atom. The molecule has 2 aliphatic heterocycles. The molecule has 20 heavy (non-hydrogen) atoms. The van der Waals surface area contributed by atoms with Crippen molar-refractivity contribution in [3.05, 3.63) is 0 Å². The molecule has 0 amide bonds. The van der Waals surface area contributed by atoms with Crippen LogP contribution in [0, 0.1) is 5.92 Å². The van der Waals surface area contributed by atoms with E-state index in [9.17, 15) is 0 Å². The topological polar surface area (TPSA) is 50.5 Å². The first-order valence-electron chi connectivity index (χ1n) is 8.35. The van der Waals surface area contributed by atoms with Crippen molar-refractivity contribution in [2.75, 3.05) is 13.2 Å². The molecular weight excluding hydrogens is 250 g/mol. The fourth-order valence-corrected chi connectivity index (χ4v) is 3.63. The van der Waals surface area contributed by atoms with Gasteiger partial charge in [-0.1, -0.05) is 20.3 Å². The maximum Gasteiger partial charge on any atom is 0.0616 e. The molecule has 0 aromatic carbocycles. The van der Waals surface area contributed by atoms with Crippen molar-refractivity contribution >= 4 is 0 Å². The average molecular weight is 283 g/mol. The zero-order chi connectivity index (χ0) is 14.8. The van der Waals surface area contributed by atoms with Crippen molar-refractivity contribution in [1.82, 2.24) is 10.4 Å². The van der Waals surface area contributed by atoms with E-state index in [2.05, 4.69) is 38.1 Å². The van der Waals surface area contributed by atoms with E-state index in [-0.39, 0.29) is 5.54 Å². The monoisotopic (exact) mass is 283 g/mol. The molecule has 2 heterocycles. The van der Waals surface area contributed by atoms with Gasteiger partial charge >= 0.3 is 0 Å². The van der Waals surface area contributed by atoms with Crippen molar-refractivity contribution in [2.24, 2.45) is 11.7 Å². The Kier molecular flexibility index (Phi) is 5.46. The van der Waals surface area contributed by atoms with Crippen LogP contribution in [0.3, 0.4) is 0 Å². The quantitative estimate of drug-likeness (QED) is 0.831. The van der Waals surface area contributed by atoms with Crippen molar-refractivity contribution in [2.45, 2.75) is 83.5 Å². The van der Waals surface area contributed by atoms with Crippen LogP contribution in [0.4, 0.5) is 0 Å². The summed E-state index contributed by atoms with van der Waals surface area (Å²) in [5.74, 6) is 0.555. The minimum Gasteiger partial charge on any atom is -0.378 e. The number of rotatable bonds is 4. The van der Waals surface area contributed by atoms with E-state index < -0.39 is 0 Å². The molecule has 2 fully saturated rings. The van der Waals surface area contributed by atoms with E-state index in [0.717, 1.165) is 19.4 Å². The second-order valence-corrected chi connectivity index (χ2v) is 7.24. The van der Waals surface area contributed by atoms with Crippen molar-refractivity contribution in [1.29, 1.82) is 0 Å². The average Bonchev–Trinajstić information content (AvgIpc) is 2.43. The number of ether oxygens (including phenoxy) is 1. The highest BCUT2D eigenvalue weighted by Gasteiger charge is 2.40. The largest absolute Gasteiger partial charge is 0.378 e. The van der Waals surface area contributed by atoms with Gasteiger partial charge in [-0.2, -0.15) is 0 Å². The number of nitrogens with zero attached hydrogens (tertiary/aromatic N) is 1. The molecule has 2 saturated heterocycles. The molecule has 0 aromatic rings. The third-order valence-electron chi connectivity index (χ3n) is 5.20. The van der Waals surface area contributed by atoms with Gasteiger partial charge in [-0.05, 0) is 45.4 Å². The smallest absolute Gasteiger partial charge is 0.0616 e. The van der Waals surface area contributed by atoms with Crippen LogP contribution >= 0.6 is 0 Å². The summed E-state index contributed by atoms with van der Waals surface area (Å²) in [5, 5.41) is 2.47. The summed E-state index contributed by atoms with van der Waals surface area (Å²) in [5.41, 5.74) is 10.0. The van der Waals surface area contributed by atoms with Crippen LogP contribution in [0.1, 0.15) is 59.8 Å². The van der Waals surface area contributed by atoms with Crippen LogP contribution in [0.5, 0.6) is 0 Å². The maximum absolute atomic E-state index is 6.16. The highest BCUT2D eigenvalue weighted by atomic mass is 16.5. The molecule has 4 heteroatoms. The number of hydrogen-bond acceptors (Lipinski definition) is 4. The van der Waals surface area contributed by atoms with Crippen molar-refractivity contribution in [3.8, 4) is 0 Å². The molecule has 0 spiro atoms. The summed E-state index contributed by atoms with van der Waals surface area (Å²) in [6, 6.07) is 1.20. The van der Waals surface area contributed by atoms with E-state index in [1.165, 1.54) is 19.3 Å². The Morgan fingerprint density at radius 3 is 2.50 bits per heavy atom. The first-order chi connectivity index (χ1) is 9.47. The molecule has 118 valence electrons. The second kappa shape index (κ2) is 6.73. The molecule has 2 rings (SSSR count). The van der Waals surface area contributed by atoms with E-state index in [1.54, 1.807) is 0 Å². The SMILES string of the molecule is CC(C)C1CC(CN)(NN2C(C)CCCC2C)CCO1. The molecule has 3 N–H and O–H groups in total. The number of piperidine rings is 1. The standard InChI is InChI=1S/C16H33N3O/c1-12(2)15-10-16(11-17,8-9-20-15)18-19-13(3)6-5-7-14(19)4/h12-15,18H,5-11,17H2,1-4H3. The molecule has 0 radical (unpaired) electrons. The number of hydrazine groups is 1. The van der Waals surface area contributed by atoms with Crippen LogP contribution in [-0.4, -0.2) is 41.9 Å². The van der Waals surface area contributed by atoms with E-state index in [4.69, 9.17) is 10.5 Å². The molecule has 4 atom stereocenters.